The molecule has 0 fully saturated rings. The molecule has 45 heavy (non-hydrogen) atoms. The van der Waals surface area contributed by atoms with E-state index in [-0.39, 0.29) is 30.5 Å². The first-order valence-electron chi connectivity index (χ1n) is 14.3. The first-order chi connectivity index (χ1) is 21.6. The number of rotatable bonds is 10. The van der Waals surface area contributed by atoms with Crippen molar-refractivity contribution in [3.05, 3.63) is 118 Å². The summed E-state index contributed by atoms with van der Waals surface area (Å²) in [5.41, 5.74) is 2.64. The van der Waals surface area contributed by atoms with Crippen molar-refractivity contribution < 1.29 is 23.7 Å². The van der Waals surface area contributed by atoms with Crippen molar-refractivity contribution in [2.75, 3.05) is 13.7 Å². The minimum atomic E-state index is -0.810. The maximum atomic E-state index is 14.3. The van der Waals surface area contributed by atoms with Crippen molar-refractivity contribution in [2.24, 2.45) is 4.99 Å². The Kier molecular flexibility index (Phi) is 10.2. The SMILES string of the molecule is CCOC(=O)C1=C(C)N=c2s/c(=C\c3cc(Br)cc(OC)c3OCc3ccc(Cl)cc3)c(=O)n2[C@@H]1c1ccccc1OC(C)C. The number of para-hydroxylation sites is 1. The van der Waals surface area contributed by atoms with Gasteiger partial charge in [-0.05, 0) is 69.7 Å². The fourth-order valence-electron chi connectivity index (χ4n) is 5.03. The van der Waals surface area contributed by atoms with Gasteiger partial charge in [-0.25, -0.2) is 9.79 Å². The second-order valence-corrected chi connectivity index (χ2v) is 12.8. The second kappa shape index (κ2) is 14.1. The van der Waals surface area contributed by atoms with Crippen LogP contribution in [0.15, 0.2) is 86.2 Å². The van der Waals surface area contributed by atoms with E-state index >= 15 is 0 Å². The van der Waals surface area contributed by atoms with Gasteiger partial charge in [0.05, 0.1) is 35.6 Å². The van der Waals surface area contributed by atoms with Gasteiger partial charge in [0.25, 0.3) is 5.56 Å². The molecular weight excluding hydrogens is 680 g/mol. The summed E-state index contributed by atoms with van der Waals surface area (Å²) in [6.45, 7) is 7.78. The monoisotopic (exact) mass is 710 g/mol. The Morgan fingerprint density at radius 3 is 2.56 bits per heavy atom. The number of allylic oxidation sites excluding steroid dienone is 1. The molecule has 1 aliphatic rings. The highest BCUT2D eigenvalue weighted by Gasteiger charge is 2.35. The van der Waals surface area contributed by atoms with Crippen molar-refractivity contribution in [2.45, 2.75) is 46.4 Å². The lowest BCUT2D eigenvalue weighted by molar-refractivity contribution is -0.139. The molecule has 0 saturated heterocycles. The fraction of sp³-hybridized carbons (Fsp3) is 0.265. The van der Waals surface area contributed by atoms with Crippen LogP contribution < -0.4 is 29.1 Å². The van der Waals surface area contributed by atoms with Crippen LogP contribution >= 0.6 is 38.9 Å². The van der Waals surface area contributed by atoms with Gasteiger partial charge in [-0.3, -0.25) is 9.36 Å². The number of hydrogen-bond acceptors (Lipinski definition) is 8. The first-order valence-corrected chi connectivity index (χ1v) is 16.3. The van der Waals surface area contributed by atoms with Gasteiger partial charge >= 0.3 is 5.97 Å². The molecule has 1 aromatic heterocycles. The molecule has 0 spiro atoms. The zero-order valence-corrected chi connectivity index (χ0v) is 28.6. The summed E-state index contributed by atoms with van der Waals surface area (Å²) in [6.07, 6.45) is 1.63. The number of fused-ring (bicyclic) bond motifs is 1. The Bertz CT molecular complexity index is 1950. The summed E-state index contributed by atoms with van der Waals surface area (Å²) < 4.78 is 26.2. The van der Waals surface area contributed by atoms with Gasteiger partial charge in [0.1, 0.15) is 18.4 Å². The fourth-order valence-corrected chi connectivity index (χ4v) is 6.65. The Morgan fingerprint density at radius 2 is 1.87 bits per heavy atom. The van der Waals surface area contributed by atoms with Crippen LogP contribution in [-0.4, -0.2) is 30.4 Å². The first kappa shape index (κ1) is 32.5. The van der Waals surface area contributed by atoms with Crippen molar-refractivity contribution in [3.63, 3.8) is 0 Å². The number of carbonyl (C=O) groups is 1. The molecule has 0 saturated carbocycles. The lowest BCUT2D eigenvalue weighted by Crippen LogP contribution is -2.40. The number of benzene rings is 3. The number of carbonyl (C=O) groups excluding carboxylic acids is 1. The van der Waals surface area contributed by atoms with Gasteiger partial charge in [0.2, 0.25) is 0 Å². The van der Waals surface area contributed by atoms with E-state index in [0.717, 1.165) is 10.0 Å². The second-order valence-electron chi connectivity index (χ2n) is 10.4. The molecule has 1 atom stereocenters. The molecule has 0 bridgehead atoms. The maximum Gasteiger partial charge on any atom is 0.338 e. The van der Waals surface area contributed by atoms with Crippen molar-refractivity contribution in [1.29, 1.82) is 0 Å². The number of nitrogens with zero attached hydrogens (tertiary/aromatic N) is 2. The normalized spacial score (nSPS) is 14.7. The number of aromatic nitrogens is 1. The van der Waals surface area contributed by atoms with Gasteiger partial charge in [0.15, 0.2) is 16.3 Å². The average Bonchev–Trinajstić information content (AvgIpc) is 3.30. The molecule has 0 radical (unpaired) electrons. The van der Waals surface area contributed by atoms with Crippen LogP contribution in [0.4, 0.5) is 0 Å². The number of esters is 1. The zero-order chi connectivity index (χ0) is 32.2. The predicted octanol–water partition coefficient (Wildman–Crippen LogP) is 6.59. The Morgan fingerprint density at radius 1 is 1.13 bits per heavy atom. The van der Waals surface area contributed by atoms with Gasteiger partial charge < -0.3 is 18.9 Å². The number of ether oxygens (including phenoxy) is 4. The number of thiazole rings is 1. The molecule has 0 aliphatic carbocycles. The largest absolute Gasteiger partial charge is 0.493 e. The van der Waals surface area contributed by atoms with Gasteiger partial charge in [-0.1, -0.05) is 69.2 Å². The van der Waals surface area contributed by atoms with Gasteiger partial charge in [-0.15, -0.1) is 0 Å². The number of halogens is 2. The van der Waals surface area contributed by atoms with E-state index in [1.165, 1.54) is 11.3 Å². The summed E-state index contributed by atoms with van der Waals surface area (Å²) in [7, 11) is 1.56. The summed E-state index contributed by atoms with van der Waals surface area (Å²) in [6, 6.07) is 17.6. The average molecular weight is 712 g/mol. The van der Waals surface area contributed by atoms with Gasteiger partial charge in [-0.2, -0.15) is 0 Å². The van der Waals surface area contributed by atoms with Crippen LogP contribution in [0, 0.1) is 0 Å². The molecule has 11 heteroatoms. The highest BCUT2D eigenvalue weighted by molar-refractivity contribution is 9.10. The van der Waals surface area contributed by atoms with Crippen LogP contribution in [-0.2, 0) is 16.1 Å². The summed E-state index contributed by atoms with van der Waals surface area (Å²) in [5, 5.41) is 0.633. The highest BCUT2D eigenvalue weighted by Crippen LogP contribution is 2.38. The molecule has 8 nitrogen and oxygen atoms in total. The lowest BCUT2D eigenvalue weighted by Gasteiger charge is -2.26. The maximum absolute atomic E-state index is 14.3. The van der Waals surface area contributed by atoms with Gasteiger partial charge in [0, 0.05) is 20.6 Å². The highest BCUT2D eigenvalue weighted by atomic mass is 79.9. The van der Waals surface area contributed by atoms with Crippen molar-refractivity contribution in [1.82, 2.24) is 4.57 Å². The third kappa shape index (κ3) is 7.03. The lowest BCUT2D eigenvalue weighted by atomic mass is 9.95. The summed E-state index contributed by atoms with van der Waals surface area (Å²) in [5.74, 6) is 0.998. The van der Waals surface area contributed by atoms with E-state index in [2.05, 4.69) is 15.9 Å². The number of methoxy groups -OCH3 is 1. The molecule has 5 rings (SSSR count). The molecule has 234 valence electrons. The van der Waals surface area contributed by atoms with E-state index in [1.54, 1.807) is 49.8 Å². The van der Waals surface area contributed by atoms with Crippen molar-refractivity contribution in [3.8, 4) is 17.2 Å². The Balaban J connectivity index is 1.69. The molecule has 0 unspecified atom stereocenters. The molecule has 0 N–H and O–H groups in total. The third-order valence-electron chi connectivity index (χ3n) is 6.94. The molecule has 3 aromatic carbocycles. The molecule has 4 aromatic rings. The quantitative estimate of drug-likeness (QED) is 0.173. The summed E-state index contributed by atoms with van der Waals surface area (Å²) in [4.78, 5) is 32.8. The van der Waals surface area contributed by atoms with E-state index in [0.29, 0.717) is 48.4 Å². The molecule has 0 amide bonds. The van der Waals surface area contributed by atoms with E-state index in [4.69, 9.17) is 35.5 Å². The van der Waals surface area contributed by atoms with Crippen LogP contribution in [0.3, 0.4) is 0 Å². The van der Waals surface area contributed by atoms with Crippen LogP contribution in [0.2, 0.25) is 5.02 Å². The Labute approximate surface area is 278 Å². The Hall–Kier alpha value is -3.86. The topological polar surface area (TPSA) is 88.4 Å². The minimum absolute atomic E-state index is 0.129. The standard InChI is InChI=1S/C34H32BrClN2O6S/c1-6-42-33(40)29-20(4)37-34-38(30(29)25-9-7-8-10-26(25)44-19(2)3)32(39)28(45-34)16-22-15-23(35)17-27(41-5)31(22)43-18-21-11-13-24(36)14-12-21/h7-17,19,30H,6,18H2,1-5H3/b28-16-/t30-/m1/s1. The summed E-state index contributed by atoms with van der Waals surface area (Å²) >= 11 is 10.8. The van der Waals surface area contributed by atoms with E-state index in [1.807, 2.05) is 56.3 Å². The molecule has 1 aliphatic heterocycles. The van der Waals surface area contributed by atoms with Crippen molar-refractivity contribution >= 4 is 50.9 Å². The minimum Gasteiger partial charge on any atom is -0.493 e. The zero-order valence-electron chi connectivity index (χ0n) is 25.4. The predicted molar refractivity (Wildman–Crippen MR) is 179 cm³/mol. The molecule has 2 heterocycles. The number of hydrogen-bond donors (Lipinski definition) is 0. The van der Waals surface area contributed by atoms with E-state index in [9.17, 15) is 9.59 Å². The van der Waals surface area contributed by atoms with Crippen LogP contribution in [0.1, 0.15) is 50.4 Å². The third-order valence-corrected chi connectivity index (χ3v) is 8.64. The van der Waals surface area contributed by atoms with E-state index < -0.39 is 12.0 Å². The molecular formula is C34H32BrClN2O6S. The van der Waals surface area contributed by atoms with Crippen LogP contribution in [0.5, 0.6) is 17.2 Å². The van der Waals surface area contributed by atoms with Crippen LogP contribution in [0.25, 0.3) is 6.08 Å². The smallest absolute Gasteiger partial charge is 0.338 e.